The van der Waals surface area contributed by atoms with Crippen molar-refractivity contribution in [2.45, 2.75) is 39.7 Å². The topological polar surface area (TPSA) is 71.8 Å². The predicted molar refractivity (Wildman–Crippen MR) is 81.7 cm³/mol. The van der Waals surface area contributed by atoms with Crippen LogP contribution in [0.2, 0.25) is 0 Å². The van der Waals surface area contributed by atoms with Crippen LogP contribution in [0, 0.1) is 12.8 Å². The van der Waals surface area contributed by atoms with Crippen LogP contribution in [0.25, 0.3) is 0 Å². The summed E-state index contributed by atoms with van der Waals surface area (Å²) in [4.78, 5) is 25.6. The molecule has 122 valence electrons. The van der Waals surface area contributed by atoms with Gasteiger partial charge in [-0.25, -0.2) is 4.79 Å². The first-order valence-electron chi connectivity index (χ1n) is 7.56. The molecule has 1 fully saturated rings. The first kappa shape index (κ1) is 16.4. The van der Waals surface area contributed by atoms with Crippen LogP contribution in [0.5, 0.6) is 0 Å². The van der Waals surface area contributed by atoms with E-state index in [4.69, 9.17) is 9.15 Å². The molecule has 22 heavy (non-hydrogen) atoms. The van der Waals surface area contributed by atoms with E-state index >= 15 is 0 Å². The molecule has 6 nitrogen and oxygen atoms in total. The maximum atomic E-state index is 12.0. The highest BCUT2D eigenvalue weighted by Crippen LogP contribution is 2.19. The van der Waals surface area contributed by atoms with Crippen LogP contribution in [0.15, 0.2) is 16.7 Å². The van der Waals surface area contributed by atoms with Gasteiger partial charge in [0.15, 0.2) is 5.76 Å². The number of hydrogen-bond acceptors (Lipinski definition) is 4. The second-order valence-electron chi connectivity index (χ2n) is 6.72. The lowest BCUT2D eigenvalue weighted by atomic mass is 10.1. The quantitative estimate of drug-likeness (QED) is 0.931. The van der Waals surface area contributed by atoms with Crippen LogP contribution in [-0.4, -0.2) is 42.1 Å². The lowest BCUT2D eigenvalue weighted by Crippen LogP contribution is -2.36. The van der Waals surface area contributed by atoms with Gasteiger partial charge in [-0.15, -0.1) is 0 Å². The van der Waals surface area contributed by atoms with Crippen molar-refractivity contribution in [3.05, 3.63) is 23.7 Å². The zero-order valence-corrected chi connectivity index (χ0v) is 13.6. The van der Waals surface area contributed by atoms with E-state index in [-0.39, 0.29) is 17.9 Å². The molecule has 1 aliphatic heterocycles. The molecule has 0 radical (unpaired) electrons. The lowest BCUT2D eigenvalue weighted by Gasteiger charge is -2.24. The van der Waals surface area contributed by atoms with Gasteiger partial charge < -0.3 is 19.4 Å². The van der Waals surface area contributed by atoms with Gasteiger partial charge in [-0.05, 0) is 46.1 Å². The largest absolute Gasteiger partial charge is 0.459 e. The van der Waals surface area contributed by atoms with Crippen LogP contribution >= 0.6 is 0 Å². The molecule has 1 atom stereocenters. The van der Waals surface area contributed by atoms with E-state index in [1.54, 1.807) is 11.0 Å². The second-order valence-corrected chi connectivity index (χ2v) is 6.72. The van der Waals surface area contributed by atoms with E-state index in [0.29, 0.717) is 25.4 Å². The monoisotopic (exact) mass is 308 g/mol. The number of hydrogen-bond donors (Lipinski definition) is 1. The summed E-state index contributed by atoms with van der Waals surface area (Å²) < 4.78 is 10.5. The van der Waals surface area contributed by atoms with E-state index < -0.39 is 5.60 Å². The molecule has 0 aliphatic carbocycles. The van der Waals surface area contributed by atoms with Crippen molar-refractivity contribution in [1.29, 1.82) is 0 Å². The normalized spacial score (nSPS) is 18.4. The summed E-state index contributed by atoms with van der Waals surface area (Å²) in [6.07, 6.45) is 2.07. The highest BCUT2D eigenvalue weighted by atomic mass is 16.6. The number of furan rings is 1. The summed E-state index contributed by atoms with van der Waals surface area (Å²) in [5.74, 6) is 0.381. The third-order valence-corrected chi connectivity index (χ3v) is 3.56. The molecule has 1 aromatic rings. The van der Waals surface area contributed by atoms with E-state index in [0.717, 1.165) is 12.0 Å². The van der Waals surface area contributed by atoms with Gasteiger partial charge in [0.2, 0.25) is 0 Å². The Balaban J connectivity index is 1.78. The first-order valence-corrected chi connectivity index (χ1v) is 7.56. The number of likely N-dealkylation sites (tertiary alicyclic amines) is 1. The number of nitrogens with one attached hydrogen (secondary N) is 1. The lowest BCUT2D eigenvalue weighted by molar-refractivity contribution is 0.0288. The highest BCUT2D eigenvalue weighted by molar-refractivity contribution is 5.92. The molecule has 2 amide bonds. The van der Waals surface area contributed by atoms with Crippen molar-refractivity contribution in [1.82, 2.24) is 10.2 Å². The fourth-order valence-corrected chi connectivity index (χ4v) is 2.41. The smallest absolute Gasteiger partial charge is 0.410 e. The molecule has 1 saturated heterocycles. The van der Waals surface area contributed by atoms with Gasteiger partial charge in [0.25, 0.3) is 5.91 Å². The van der Waals surface area contributed by atoms with Crippen molar-refractivity contribution in [2.75, 3.05) is 19.6 Å². The molecule has 0 spiro atoms. The molecule has 1 N–H and O–H groups in total. The van der Waals surface area contributed by atoms with Crippen LogP contribution < -0.4 is 5.32 Å². The van der Waals surface area contributed by atoms with Crippen molar-refractivity contribution >= 4 is 12.0 Å². The Morgan fingerprint density at radius 3 is 2.77 bits per heavy atom. The molecule has 1 aromatic heterocycles. The van der Waals surface area contributed by atoms with Crippen molar-refractivity contribution in [3.63, 3.8) is 0 Å². The van der Waals surface area contributed by atoms with Crippen LogP contribution in [0.1, 0.15) is 43.3 Å². The standard InChI is InChI=1S/C16H24N2O4/c1-11-6-8-21-13(11)14(19)17-9-12-5-7-18(10-12)15(20)22-16(2,3)4/h6,8,12H,5,7,9-10H2,1-4H3,(H,17,19)/t12-/m0/s1. The molecule has 0 saturated carbocycles. The van der Waals surface area contributed by atoms with E-state index in [2.05, 4.69) is 5.32 Å². The van der Waals surface area contributed by atoms with Crippen LogP contribution in [0.3, 0.4) is 0 Å². The molecule has 6 heteroatoms. The Morgan fingerprint density at radius 1 is 1.45 bits per heavy atom. The highest BCUT2D eigenvalue weighted by Gasteiger charge is 2.30. The SMILES string of the molecule is Cc1ccoc1C(=O)NC[C@@H]1CCN(C(=O)OC(C)(C)C)C1. The first-order chi connectivity index (χ1) is 10.3. The Morgan fingerprint density at radius 2 is 2.18 bits per heavy atom. The zero-order chi connectivity index (χ0) is 16.3. The number of rotatable bonds is 3. The number of carbonyl (C=O) groups is 2. The average Bonchev–Trinajstić information content (AvgIpc) is 3.02. The third kappa shape index (κ3) is 4.26. The molecule has 1 aliphatic rings. The maximum absolute atomic E-state index is 12.0. The van der Waals surface area contributed by atoms with Gasteiger partial charge in [0.05, 0.1) is 6.26 Å². The minimum absolute atomic E-state index is 0.210. The molecule has 2 rings (SSSR count). The molecule has 2 heterocycles. The number of nitrogens with zero attached hydrogens (tertiary/aromatic N) is 1. The molecular weight excluding hydrogens is 284 g/mol. The second kappa shape index (κ2) is 6.42. The van der Waals surface area contributed by atoms with Crippen molar-refractivity contribution in [3.8, 4) is 0 Å². The van der Waals surface area contributed by atoms with Crippen molar-refractivity contribution < 1.29 is 18.7 Å². The molecule has 0 aromatic carbocycles. The molecule has 0 unspecified atom stereocenters. The van der Waals surface area contributed by atoms with E-state index in [9.17, 15) is 9.59 Å². The van der Waals surface area contributed by atoms with Crippen LogP contribution in [-0.2, 0) is 4.74 Å². The Hall–Kier alpha value is -1.98. The Bertz CT molecular complexity index is 545. The summed E-state index contributed by atoms with van der Waals surface area (Å²) in [6.45, 7) is 9.18. The number of aryl methyl sites for hydroxylation is 1. The third-order valence-electron chi connectivity index (χ3n) is 3.56. The van der Waals surface area contributed by atoms with E-state index in [1.807, 2.05) is 27.7 Å². The van der Waals surface area contributed by atoms with E-state index in [1.165, 1.54) is 6.26 Å². The number of ether oxygens (including phenoxy) is 1. The maximum Gasteiger partial charge on any atom is 0.410 e. The molecular formula is C16H24N2O4. The molecule has 0 bridgehead atoms. The summed E-state index contributed by atoms with van der Waals surface area (Å²) >= 11 is 0. The van der Waals surface area contributed by atoms with Gasteiger partial charge in [0.1, 0.15) is 5.60 Å². The fourth-order valence-electron chi connectivity index (χ4n) is 2.41. The number of amides is 2. The minimum atomic E-state index is -0.486. The number of carbonyl (C=O) groups excluding carboxylic acids is 2. The van der Waals surface area contributed by atoms with Gasteiger partial charge in [-0.2, -0.15) is 0 Å². The Kier molecular flexibility index (Phi) is 4.78. The Labute approximate surface area is 130 Å². The van der Waals surface area contributed by atoms with Crippen LogP contribution in [0.4, 0.5) is 4.79 Å². The summed E-state index contributed by atoms with van der Waals surface area (Å²) in [6, 6.07) is 1.76. The summed E-state index contributed by atoms with van der Waals surface area (Å²) in [5.41, 5.74) is 0.333. The van der Waals surface area contributed by atoms with Gasteiger partial charge in [0, 0.05) is 25.2 Å². The summed E-state index contributed by atoms with van der Waals surface area (Å²) in [5, 5.41) is 2.86. The van der Waals surface area contributed by atoms with Gasteiger partial charge >= 0.3 is 6.09 Å². The predicted octanol–water partition coefficient (Wildman–Crippen LogP) is 2.57. The zero-order valence-electron chi connectivity index (χ0n) is 13.6. The fraction of sp³-hybridized carbons (Fsp3) is 0.625. The summed E-state index contributed by atoms with van der Waals surface area (Å²) in [7, 11) is 0. The minimum Gasteiger partial charge on any atom is -0.459 e. The van der Waals surface area contributed by atoms with Gasteiger partial charge in [-0.1, -0.05) is 0 Å². The average molecular weight is 308 g/mol. The van der Waals surface area contributed by atoms with Crippen molar-refractivity contribution in [2.24, 2.45) is 5.92 Å². The van der Waals surface area contributed by atoms with Gasteiger partial charge in [-0.3, -0.25) is 4.79 Å².